The molecule has 2 aromatic heterocycles. The molecule has 0 aliphatic carbocycles. The predicted molar refractivity (Wildman–Crippen MR) is 89.2 cm³/mol. The number of nitrogens with zero attached hydrogens (tertiary/aromatic N) is 3. The minimum atomic E-state index is -0.461. The van der Waals surface area contributed by atoms with Crippen molar-refractivity contribution in [2.45, 2.75) is 6.92 Å². The fraction of sp³-hybridized carbons (Fsp3) is 0.0556. The van der Waals surface area contributed by atoms with Gasteiger partial charge in [0.05, 0.1) is 28.4 Å². The Morgan fingerprint density at radius 2 is 1.87 bits per heavy atom. The summed E-state index contributed by atoms with van der Waals surface area (Å²) in [7, 11) is 0. The van der Waals surface area contributed by atoms with Crippen LogP contribution in [0.3, 0.4) is 0 Å². The molecule has 4 rings (SSSR count). The molecule has 0 spiro atoms. The number of rotatable bonds is 2. The second kappa shape index (κ2) is 4.91. The molecule has 0 saturated heterocycles. The molecule has 0 saturated carbocycles. The van der Waals surface area contributed by atoms with E-state index >= 15 is 0 Å². The lowest BCUT2D eigenvalue weighted by Gasteiger charge is -2.10. The topological polar surface area (TPSA) is 73.3 Å². The summed E-state index contributed by atoms with van der Waals surface area (Å²) in [5.74, 6) is 0.411. The average molecular weight is 302 g/mol. The van der Waals surface area contributed by atoms with Crippen molar-refractivity contribution in [3.8, 4) is 11.3 Å². The summed E-state index contributed by atoms with van der Waals surface area (Å²) in [6, 6.07) is 15.2. The molecule has 112 valence electrons. The number of nitrogens with two attached hydrogens (primary N) is 1. The number of aryl methyl sites for hydroxylation is 1. The van der Waals surface area contributed by atoms with Crippen LogP contribution < -0.4 is 5.73 Å². The van der Waals surface area contributed by atoms with Gasteiger partial charge in [0.1, 0.15) is 5.82 Å². The molecule has 0 aliphatic heterocycles. The number of primary amides is 1. The Kier molecular flexibility index (Phi) is 2.87. The second-order valence-corrected chi connectivity index (χ2v) is 5.42. The van der Waals surface area contributed by atoms with Gasteiger partial charge in [0.25, 0.3) is 0 Å². The van der Waals surface area contributed by atoms with Gasteiger partial charge in [-0.05, 0) is 25.1 Å². The van der Waals surface area contributed by atoms with Gasteiger partial charge in [-0.15, -0.1) is 0 Å². The normalized spacial score (nSPS) is 11.2. The summed E-state index contributed by atoms with van der Waals surface area (Å²) in [5.41, 5.74) is 10.2. The minimum Gasteiger partial charge on any atom is -0.366 e. The molecule has 5 heteroatoms. The Bertz CT molecular complexity index is 1050. The van der Waals surface area contributed by atoms with Gasteiger partial charge in [0.2, 0.25) is 5.91 Å². The smallest absolute Gasteiger partial charge is 0.248 e. The van der Waals surface area contributed by atoms with Crippen LogP contribution in [0.4, 0.5) is 0 Å². The quantitative estimate of drug-likeness (QED) is 0.618. The molecule has 0 atom stereocenters. The molecule has 0 aliphatic rings. The fourth-order valence-electron chi connectivity index (χ4n) is 2.86. The first-order chi connectivity index (χ1) is 11.1. The number of hydrogen-bond acceptors (Lipinski definition) is 3. The number of fused-ring (bicyclic) bond motifs is 3. The molecular weight excluding hydrogens is 288 g/mol. The third kappa shape index (κ3) is 2.05. The summed E-state index contributed by atoms with van der Waals surface area (Å²) >= 11 is 0. The van der Waals surface area contributed by atoms with Crippen LogP contribution in [0.1, 0.15) is 16.2 Å². The zero-order valence-electron chi connectivity index (χ0n) is 12.5. The van der Waals surface area contributed by atoms with E-state index in [-0.39, 0.29) is 0 Å². The monoisotopic (exact) mass is 302 g/mol. The number of amides is 1. The second-order valence-electron chi connectivity index (χ2n) is 5.42. The maximum Gasteiger partial charge on any atom is 0.248 e. The zero-order valence-corrected chi connectivity index (χ0v) is 12.5. The summed E-state index contributed by atoms with van der Waals surface area (Å²) in [4.78, 5) is 20.6. The number of hydrogen-bond donors (Lipinski definition) is 1. The van der Waals surface area contributed by atoms with E-state index in [2.05, 4.69) is 9.38 Å². The molecule has 2 aromatic carbocycles. The molecule has 2 heterocycles. The van der Waals surface area contributed by atoms with Crippen molar-refractivity contribution in [3.05, 3.63) is 66.1 Å². The van der Waals surface area contributed by atoms with E-state index < -0.39 is 5.91 Å². The highest BCUT2D eigenvalue weighted by molar-refractivity contribution is 5.97. The molecule has 4 aromatic rings. The van der Waals surface area contributed by atoms with Gasteiger partial charge in [-0.1, -0.05) is 30.3 Å². The number of carbonyl (C=O) groups excluding carboxylic acids is 1. The van der Waals surface area contributed by atoms with E-state index in [9.17, 15) is 4.79 Å². The van der Waals surface area contributed by atoms with Crippen molar-refractivity contribution >= 4 is 22.5 Å². The number of benzene rings is 2. The lowest BCUT2D eigenvalue weighted by molar-refractivity contribution is 0.100. The Balaban J connectivity index is 2.14. The minimum absolute atomic E-state index is 0.445. The highest BCUT2D eigenvalue weighted by Crippen LogP contribution is 2.27. The zero-order chi connectivity index (χ0) is 16.0. The van der Waals surface area contributed by atoms with Crippen LogP contribution in [0.25, 0.3) is 27.8 Å². The van der Waals surface area contributed by atoms with Crippen molar-refractivity contribution in [1.82, 2.24) is 14.4 Å². The van der Waals surface area contributed by atoms with Gasteiger partial charge in [0, 0.05) is 11.1 Å². The number of carbonyl (C=O) groups is 1. The van der Waals surface area contributed by atoms with Gasteiger partial charge in [-0.25, -0.2) is 9.97 Å². The summed E-state index contributed by atoms with van der Waals surface area (Å²) in [6.45, 7) is 1.95. The number of imidazole rings is 1. The average Bonchev–Trinajstić information content (AvgIpc) is 2.96. The summed E-state index contributed by atoms with van der Waals surface area (Å²) in [5, 5.41) is 0. The first-order valence-corrected chi connectivity index (χ1v) is 7.28. The van der Waals surface area contributed by atoms with E-state index in [4.69, 9.17) is 10.7 Å². The standard InChI is InChI=1S/C18H14N4O/c1-11-20-10-16-17(12-5-3-2-4-6-12)21-14-9-13(18(19)23)7-8-15(14)22(11)16/h2-10H,1H3,(H2,19,23). The van der Waals surface area contributed by atoms with Gasteiger partial charge in [0.15, 0.2) is 0 Å². The van der Waals surface area contributed by atoms with Crippen molar-refractivity contribution in [2.75, 3.05) is 0 Å². The van der Waals surface area contributed by atoms with E-state index in [1.54, 1.807) is 12.1 Å². The van der Waals surface area contributed by atoms with E-state index in [0.29, 0.717) is 11.1 Å². The molecule has 0 radical (unpaired) electrons. The van der Waals surface area contributed by atoms with E-state index in [1.807, 2.05) is 49.5 Å². The number of aromatic nitrogens is 3. The van der Waals surface area contributed by atoms with Crippen molar-refractivity contribution in [3.63, 3.8) is 0 Å². The highest BCUT2D eigenvalue weighted by Gasteiger charge is 2.14. The highest BCUT2D eigenvalue weighted by atomic mass is 16.1. The lowest BCUT2D eigenvalue weighted by Crippen LogP contribution is -2.11. The fourth-order valence-corrected chi connectivity index (χ4v) is 2.86. The van der Waals surface area contributed by atoms with Crippen LogP contribution in [0.2, 0.25) is 0 Å². The van der Waals surface area contributed by atoms with Crippen LogP contribution in [0.15, 0.2) is 54.7 Å². The summed E-state index contributed by atoms with van der Waals surface area (Å²) < 4.78 is 2.05. The van der Waals surface area contributed by atoms with Gasteiger partial charge >= 0.3 is 0 Å². The first kappa shape index (κ1) is 13.5. The molecule has 0 unspecified atom stereocenters. The molecular formula is C18H14N4O. The molecule has 0 bridgehead atoms. The Morgan fingerprint density at radius 3 is 2.61 bits per heavy atom. The van der Waals surface area contributed by atoms with Crippen LogP contribution in [0.5, 0.6) is 0 Å². The van der Waals surface area contributed by atoms with Gasteiger partial charge in [-0.2, -0.15) is 0 Å². The van der Waals surface area contributed by atoms with Crippen LogP contribution in [-0.4, -0.2) is 20.3 Å². The molecule has 1 amide bonds. The third-order valence-electron chi connectivity index (χ3n) is 3.96. The van der Waals surface area contributed by atoms with Crippen LogP contribution >= 0.6 is 0 Å². The molecule has 23 heavy (non-hydrogen) atoms. The lowest BCUT2D eigenvalue weighted by atomic mass is 10.1. The maximum absolute atomic E-state index is 11.5. The largest absolute Gasteiger partial charge is 0.366 e. The van der Waals surface area contributed by atoms with Crippen molar-refractivity contribution < 1.29 is 4.79 Å². The summed E-state index contributed by atoms with van der Waals surface area (Å²) in [6.07, 6.45) is 1.83. The van der Waals surface area contributed by atoms with E-state index in [0.717, 1.165) is 28.1 Å². The maximum atomic E-state index is 11.5. The van der Waals surface area contributed by atoms with Crippen molar-refractivity contribution in [2.24, 2.45) is 5.73 Å². The Labute approximate surface area is 132 Å². The van der Waals surface area contributed by atoms with Crippen LogP contribution in [0, 0.1) is 6.92 Å². The first-order valence-electron chi connectivity index (χ1n) is 7.28. The molecule has 2 N–H and O–H groups in total. The Morgan fingerprint density at radius 1 is 1.09 bits per heavy atom. The molecule has 5 nitrogen and oxygen atoms in total. The SMILES string of the molecule is Cc1ncc2c(-c3ccccc3)nc3cc(C(N)=O)ccc3n12. The van der Waals surface area contributed by atoms with Gasteiger partial charge in [-0.3, -0.25) is 9.20 Å². The predicted octanol–water partition coefficient (Wildman–Crippen LogP) is 2.96. The van der Waals surface area contributed by atoms with Crippen molar-refractivity contribution in [1.29, 1.82) is 0 Å². The van der Waals surface area contributed by atoms with Crippen LogP contribution in [-0.2, 0) is 0 Å². The Hall–Kier alpha value is -3.21. The molecule has 0 fully saturated rings. The van der Waals surface area contributed by atoms with E-state index in [1.165, 1.54) is 0 Å². The third-order valence-corrected chi connectivity index (χ3v) is 3.96. The van der Waals surface area contributed by atoms with Gasteiger partial charge < -0.3 is 5.73 Å².